The maximum absolute atomic E-state index is 12.2. The molecule has 3 saturated heterocycles. The van der Waals surface area contributed by atoms with Crippen molar-refractivity contribution in [1.29, 1.82) is 0 Å². The van der Waals surface area contributed by atoms with Gasteiger partial charge >= 0.3 is 0 Å². The van der Waals surface area contributed by atoms with E-state index in [1.165, 1.54) is 0 Å². The third kappa shape index (κ3) is 13.6. The van der Waals surface area contributed by atoms with E-state index in [4.69, 9.17) is 24.7 Å². The number of H-pyrrole nitrogens is 5. The predicted octanol–water partition coefficient (Wildman–Crippen LogP) is 14.6. The molecule has 5 N–H and O–H groups in total. The van der Waals surface area contributed by atoms with E-state index in [0.717, 1.165) is 167 Å². The van der Waals surface area contributed by atoms with E-state index in [1.54, 1.807) is 37.6 Å². The lowest BCUT2D eigenvalue weighted by Gasteiger charge is -2.34. The highest BCUT2D eigenvalue weighted by atomic mass is 16.4. The highest BCUT2D eigenvalue weighted by Crippen LogP contribution is 2.47. The average molecular weight is 1350 g/mol. The number of hydrogen-bond donors (Lipinski definition) is 5. The number of aromatic amines is 5. The summed E-state index contributed by atoms with van der Waals surface area (Å²) in [7, 11) is 0. The number of oxazole rings is 1. The molecule has 0 aromatic carbocycles. The van der Waals surface area contributed by atoms with Gasteiger partial charge in [-0.1, -0.05) is 83.1 Å². The Hall–Kier alpha value is -10.9. The smallest absolute Gasteiger partial charge is 0.299 e. The van der Waals surface area contributed by atoms with Crippen molar-refractivity contribution in [3.8, 4) is 33.8 Å². The van der Waals surface area contributed by atoms with E-state index in [-0.39, 0.29) is 33.9 Å². The van der Waals surface area contributed by atoms with Gasteiger partial charge in [0, 0.05) is 156 Å². The maximum atomic E-state index is 12.2. The molecule has 17 rings (SSSR count). The third-order valence-electron chi connectivity index (χ3n) is 19.9. The summed E-state index contributed by atoms with van der Waals surface area (Å²) in [6, 6.07) is 17.5. The highest BCUT2D eigenvalue weighted by molar-refractivity contribution is 5.92. The highest BCUT2D eigenvalue weighted by Gasteiger charge is 2.45. The van der Waals surface area contributed by atoms with Crippen molar-refractivity contribution in [2.75, 3.05) is 54.0 Å². The fraction of sp³-hybridized carbons (Fsp3) is 0.405. The number of nitrogens with one attached hydrogen (secondary N) is 5. The van der Waals surface area contributed by atoms with Crippen molar-refractivity contribution in [2.45, 2.75) is 140 Å². The van der Waals surface area contributed by atoms with Crippen molar-refractivity contribution >= 4 is 73.0 Å². The lowest BCUT2D eigenvalue weighted by Crippen LogP contribution is -2.35. The van der Waals surface area contributed by atoms with Crippen LogP contribution in [0.15, 0.2) is 157 Å². The lowest BCUT2D eigenvalue weighted by molar-refractivity contribution is 0.195. The SMILES string of the molecule is CC.CC.CC.CCC(n1cc(-c2ncnc3[nH]ccc23)cn1)C1(C)CCN(c2ccc3cc[nH]c3n2)C1.CCC(n1cc(-c2ncnc3[nH]ccc23)cn1)C1(C)CCN(c2nc3ncccc3o2)C1.CCC(n1cc(-c2ncnc3[nH]ccc23)cn1)C1(C)CCN(c2ncc[nH]c2=O)C1. The first-order valence-corrected chi connectivity index (χ1v) is 35.3. The minimum Gasteiger partial charge on any atom is -0.422 e. The zero-order valence-corrected chi connectivity index (χ0v) is 59.4. The molecule has 0 bridgehead atoms. The van der Waals surface area contributed by atoms with Crippen molar-refractivity contribution in [3.63, 3.8) is 0 Å². The molecule has 3 fully saturated rings. The molecule has 0 spiro atoms. The normalized spacial score (nSPS) is 18.9. The second-order valence-corrected chi connectivity index (χ2v) is 25.9. The molecule has 0 saturated carbocycles. The van der Waals surface area contributed by atoms with Crippen molar-refractivity contribution in [3.05, 3.63) is 158 Å². The quantitative estimate of drug-likeness (QED) is 0.0637. The summed E-state index contributed by atoms with van der Waals surface area (Å²) in [5.74, 6) is 1.53. The molecule has 6 unspecified atom stereocenters. The van der Waals surface area contributed by atoms with Crippen molar-refractivity contribution in [1.82, 2.24) is 104 Å². The molecule has 14 aromatic rings. The van der Waals surface area contributed by atoms with Crippen LogP contribution >= 0.6 is 0 Å². The van der Waals surface area contributed by atoms with Gasteiger partial charge in [-0.25, -0.2) is 44.9 Å². The molecule has 3 aliphatic heterocycles. The van der Waals surface area contributed by atoms with Crippen LogP contribution in [0.5, 0.6) is 0 Å². The second kappa shape index (κ2) is 30.1. The van der Waals surface area contributed by atoms with Crippen LogP contribution in [0.2, 0.25) is 0 Å². The van der Waals surface area contributed by atoms with Crippen molar-refractivity contribution in [2.24, 2.45) is 16.2 Å². The van der Waals surface area contributed by atoms with Gasteiger partial charge in [-0.2, -0.15) is 20.3 Å². The summed E-state index contributed by atoms with van der Waals surface area (Å²) in [6.07, 6.45) is 35.3. The fourth-order valence-electron chi connectivity index (χ4n) is 15.1. The molecule has 26 nitrogen and oxygen atoms in total. The Labute approximate surface area is 581 Å². The van der Waals surface area contributed by atoms with Gasteiger partial charge in [0.05, 0.1) is 53.8 Å². The second-order valence-electron chi connectivity index (χ2n) is 25.9. The van der Waals surface area contributed by atoms with E-state index < -0.39 is 0 Å². The number of nitrogens with zero attached hydrogens (tertiary/aromatic N) is 19. The van der Waals surface area contributed by atoms with Gasteiger partial charge in [-0.3, -0.25) is 18.8 Å². The van der Waals surface area contributed by atoms with Gasteiger partial charge in [0.2, 0.25) is 5.65 Å². The minimum atomic E-state index is -0.143. The van der Waals surface area contributed by atoms with E-state index in [0.29, 0.717) is 23.5 Å². The monoisotopic (exact) mass is 1350 g/mol. The lowest BCUT2D eigenvalue weighted by atomic mass is 9.80. The van der Waals surface area contributed by atoms with E-state index in [2.05, 4.69) is 177 Å². The average Bonchev–Trinajstić information content (AvgIpc) is 1.63. The van der Waals surface area contributed by atoms with Crippen LogP contribution in [0.25, 0.3) is 89.1 Å². The molecule has 100 heavy (non-hydrogen) atoms. The maximum Gasteiger partial charge on any atom is 0.299 e. The van der Waals surface area contributed by atoms with Gasteiger partial charge in [0.1, 0.15) is 47.4 Å². The molecule has 520 valence electrons. The first-order chi connectivity index (χ1) is 48.9. The van der Waals surface area contributed by atoms with Crippen LogP contribution in [0.1, 0.15) is 140 Å². The van der Waals surface area contributed by atoms with E-state index in [1.807, 2.05) is 115 Å². The number of anilines is 3. The molecule has 3 aliphatic rings. The zero-order chi connectivity index (χ0) is 70.1. The number of aromatic nitrogens is 21. The van der Waals surface area contributed by atoms with Crippen LogP contribution in [0, 0.1) is 16.2 Å². The summed E-state index contributed by atoms with van der Waals surface area (Å²) >= 11 is 0. The van der Waals surface area contributed by atoms with Gasteiger partial charge in [-0.05, 0) is 87.1 Å². The Morgan fingerprint density at radius 2 is 0.920 bits per heavy atom. The standard InChI is InChI=1S/C24H26N8.C23H24N8O.C21H24N8O.3C2H6/c1-3-19(32-13-17(12-29-32)21-18-7-10-26-23(18)28-15-27-21)24(2)8-11-31(14-24)20-5-4-16-6-9-25-22(16)30-20;1-3-18(31-12-15(11-28-31)19-16-6-9-25-20(16)27-14-26-19)23(2)7-10-30(13-23)22-29-21-17(32-22)5-4-8-24-21;1-3-16(21(2)5-9-28(12-21)19-20(30)24-8-7-23-19)29-11-14(10-27-29)17-15-4-6-22-18(15)26-13-25-17;3*1-2/h4-7,9-10,12-13,15,19H,3,8,11,14H2,1-2H3,(H,25,30)(H,26,27,28);4-6,8-9,11-12,14,18H,3,7,10,13H2,1-2H3,(H,25,26,27);4,6-8,10-11,13,16H,3,5,9,12H2,1-2H3,(H,24,30)(H,22,25,26);3*1-2H3. The van der Waals surface area contributed by atoms with Crippen molar-refractivity contribution < 1.29 is 4.42 Å². The molecule has 0 radical (unpaired) electrons. The van der Waals surface area contributed by atoms with Gasteiger partial charge in [0.25, 0.3) is 11.6 Å². The molecule has 0 aliphatic carbocycles. The molecule has 14 aromatic heterocycles. The summed E-state index contributed by atoms with van der Waals surface area (Å²) in [4.78, 5) is 78.7. The zero-order valence-electron chi connectivity index (χ0n) is 59.4. The van der Waals surface area contributed by atoms with E-state index in [9.17, 15) is 4.79 Å². The number of fused-ring (bicyclic) bond motifs is 5. The number of rotatable bonds is 15. The first-order valence-electron chi connectivity index (χ1n) is 35.3. The summed E-state index contributed by atoms with van der Waals surface area (Å²) in [5.41, 5.74) is 10.5. The van der Waals surface area contributed by atoms with Gasteiger partial charge in [-0.15, -0.1) is 0 Å². The minimum absolute atomic E-state index is 0.0290. The topological polar surface area (TPSA) is 301 Å². The molecule has 0 amide bonds. The van der Waals surface area contributed by atoms with Crippen LogP contribution in [0.4, 0.5) is 17.7 Å². The summed E-state index contributed by atoms with van der Waals surface area (Å²) < 4.78 is 12.3. The molecule has 17 heterocycles. The summed E-state index contributed by atoms with van der Waals surface area (Å²) in [5, 5.41) is 18.4. The Kier molecular flexibility index (Phi) is 20.7. The molecular weight excluding hydrogens is 1260 g/mol. The Morgan fingerprint density at radius 3 is 1.40 bits per heavy atom. The fourth-order valence-corrected chi connectivity index (χ4v) is 15.1. The third-order valence-corrected chi connectivity index (χ3v) is 19.9. The van der Waals surface area contributed by atoms with Gasteiger partial charge in [0.15, 0.2) is 11.4 Å². The summed E-state index contributed by atoms with van der Waals surface area (Å²) in [6.45, 7) is 30.9. The number of pyridine rings is 2. The van der Waals surface area contributed by atoms with Gasteiger partial charge < -0.3 is 44.0 Å². The van der Waals surface area contributed by atoms with Crippen LogP contribution in [0.3, 0.4) is 0 Å². The van der Waals surface area contributed by atoms with Crippen LogP contribution in [-0.4, -0.2) is 143 Å². The van der Waals surface area contributed by atoms with Crippen LogP contribution < -0.4 is 20.3 Å². The Bertz CT molecular complexity index is 4850. The first kappa shape index (κ1) is 69.0. The molecule has 6 atom stereocenters. The number of hydrogen-bond acceptors (Lipinski definition) is 18. The molecule has 26 heteroatoms. The predicted molar refractivity (Wildman–Crippen MR) is 395 cm³/mol. The largest absolute Gasteiger partial charge is 0.422 e. The van der Waals surface area contributed by atoms with Crippen LogP contribution in [-0.2, 0) is 0 Å². The Morgan fingerprint density at radius 1 is 0.470 bits per heavy atom. The van der Waals surface area contributed by atoms with E-state index >= 15 is 0 Å². The Balaban J connectivity index is 0.000000137. The molecular formula is C74H92N24O2.